The van der Waals surface area contributed by atoms with Crippen molar-refractivity contribution in [1.82, 2.24) is 0 Å². The summed E-state index contributed by atoms with van der Waals surface area (Å²) in [6, 6.07) is 5.08. The van der Waals surface area contributed by atoms with E-state index in [-0.39, 0.29) is 5.56 Å². The lowest BCUT2D eigenvalue weighted by Crippen LogP contribution is -2.36. The molecule has 68 valence electrons. The van der Waals surface area contributed by atoms with Crippen LogP contribution in [0.15, 0.2) is 18.2 Å². The molecule has 1 nitrogen and oxygen atoms in total. The number of hydrogen-bond acceptors (Lipinski definition) is 1. The smallest absolute Gasteiger partial charge is 0.445 e. The Morgan fingerprint density at radius 3 is 2.38 bits per heavy atom. The summed E-state index contributed by atoms with van der Waals surface area (Å²) < 4.78 is 36.8. The van der Waals surface area contributed by atoms with Crippen molar-refractivity contribution in [2.24, 2.45) is 0 Å². The number of nitriles is 1. The van der Waals surface area contributed by atoms with Crippen LogP contribution >= 0.6 is 0 Å². The molecule has 0 heterocycles. The highest BCUT2D eigenvalue weighted by Gasteiger charge is 2.28. The van der Waals surface area contributed by atoms with Gasteiger partial charge < -0.3 is 12.9 Å². The Balaban J connectivity index is 3.32. The number of benzene rings is 1. The van der Waals surface area contributed by atoms with Gasteiger partial charge in [-0.25, -0.2) is 0 Å². The lowest BCUT2D eigenvalue weighted by molar-refractivity contribution is 0.501. The molecule has 0 saturated carbocycles. The van der Waals surface area contributed by atoms with Crippen molar-refractivity contribution < 1.29 is 12.9 Å². The third-order valence-corrected chi connectivity index (χ3v) is 1.68. The first kappa shape index (κ1) is 9.65. The number of rotatable bonds is 1. The Hall–Kier alpha value is -1.44. The molecule has 0 atom stereocenters. The molecule has 0 aliphatic rings. The summed E-state index contributed by atoms with van der Waals surface area (Å²) >= 11 is 0. The van der Waals surface area contributed by atoms with Crippen molar-refractivity contribution in [3.63, 3.8) is 0 Å². The minimum absolute atomic E-state index is 0.299. The molecule has 0 spiro atoms. The van der Waals surface area contributed by atoms with Gasteiger partial charge in [-0.3, -0.25) is 0 Å². The van der Waals surface area contributed by atoms with Crippen LogP contribution in [-0.4, -0.2) is 6.98 Å². The SMILES string of the molecule is Cc1ccc([B-](F)(F)F)c(C#N)c1. The summed E-state index contributed by atoms with van der Waals surface area (Å²) in [5.74, 6) is 0. The molecule has 0 aliphatic heterocycles. The van der Waals surface area contributed by atoms with Crippen LogP contribution in [-0.2, 0) is 0 Å². The van der Waals surface area contributed by atoms with E-state index in [4.69, 9.17) is 5.26 Å². The van der Waals surface area contributed by atoms with E-state index in [2.05, 4.69) is 0 Å². The van der Waals surface area contributed by atoms with E-state index in [1.165, 1.54) is 18.2 Å². The van der Waals surface area contributed by atoms with Crippen LogP contribution in [0.2, 0.25) is 0 Å². The molecule has 0 aliphatic carbocycles. The van der Waals surface area contributed by atoms with Gasteiger partial charge in [0.05, 0.1) is 6.07 Å². The highest BCUT2D eigenvalue weighted by atomic mass is 19.4. The summed E-state index contributed by atoms with van der Waals surface area (Å²) in [7, 11) is 0. The predicted octanol–water partition coefficient (Wildman–Crippen LogP) is 1.92. The summed E-state index contributed by atoms with van der Waals surface area (Å²) in [5, 5.41) is 8.47. The molecule has 0 bridgehead atoms. The number of aryl methyl sites for hydroxylation is 1. The van der Waals surface area contributed by atoms with Crippen LogP contribution in [0.3, 0.4) is 0 Å². The van der Waals surface area contributed by atoms with Crippen LogP contribution in [0.4, 0.5) is 12.9 Å². The zero-order valence-electron chi connectivity index (χ0n) is 6.89. The molecule has 0 radical (unpaired) electrons. The molecule has 0 fully saturated rings. The fourth-order valence-corrected chi connectivity index (χ4v) is 1.05. The second-order valence-corrected chi connectivity index (χ2v) is 2.78. The van der Waals surface area contributed by atoms with E-state index >= 15 is 0 Å². The first-order chi connectivity index (χ1) is 5.95. The second-order valence-electron chi connectivity index (χ2n) is 2.78. The lowest BCUT2D eigenvalue weighted by atomic mass is 9.76. The standard InChI is InChI=1S/C8H6BF3N/c1-6-2-3-8(9(10,11)12)7(4-6)5-13/h2-4H,1H3/q-1. The molecule has 1 aromatic carbocycles. The maximum absolute atomic E-state index is 12.3. The van der Waals surface area contributed by atoms with Gasteiger partial charge in [0.2, 0.25) is 0 Å². The van der Waals surface area contributed by atoms with Crippen LogP contribution in [0, 0.1) is 18.3 Å². The molecule has 1 rings (SSSR count). The maximum Gasteiger partial charge on any atom is 0.510 e. The quantitative estimate of drug-likeness (QED) is 0.611. The van der Waals surface area contributed by atoms with Crippen LogP contribution in [0.1, 0.15) is 11.1 Å². The molecular formula is C8H6BF3N-. The first-order valence-electron chi connectivity index (χ1n) is 3.65. The highest BCUT2D eigenvalue weighted by molar-refractivity contribution is 6.74. The van der Waals surface area contributed by atoms with Crippen molar-refractivity contribution >= 4 is 12.4 Å². The summed E-state index contributed by atoms with van der Waals surface area (Å²) in [6.07, 6.45) is 0. The second kappa shape index (κ2) is 3.13. The Morgan fingerprint density at radius 1 is 1.31 bits per heavy atom. The molecular weight excluding hydrogens is 178 g/mol. The lowest BCUT2D eigenvalue weighted by Gasteiger charge is -2.16. The van der Waals surface area contributed by atoms with Gasteiger partial charge in [0.1, 0.15) is 0 Å². The fraction of sp³-hybridized carbons (Fsp3) is 0.125. The Bertz CT molecular complexity index is 365. The Morgan fingerprint density at radius 2 is 1.92 bits per heavy atom. The molecule has 13 heavy (non-hydrogen) atoms. The van der Waals surface area contributed by atoms with Gasteiger partial charge in [-0.2, -0.15) is 5.26 Å². The molecule has 5 heteroatoms. The van der Waals surface area contributed by atoms with E-state index in [0.29, 0.717) is 5.56 Å². The van der Waals surface area contributed by atoms with Gasteiger partial charge in [-0.15, -0.1) is 0 Å². The van der Waals surface area contributed by atoms with E-state index in [9.17, 15) is 12.9 Å². The van der Waals surface area contributed by atoms with Crippen molar-refractivity contribution in [2.75, 3.05) is 0 Å². The van der Waals surface area contributed by atoms with Crippen molar-refractivity contribution in [1.29, 1.82) is 5.26 Å². The third kappa shape index (κ3) is 2.02. The van der Waals surface area contributed by atoms with E-state index in [0.717, 1.165) is 6.07 Å². The zero-order chi connectivity index (χ0) is 10.1. The normalized spacial score (nSPS) is 11.0. The molecule has 0 amide bonds. The zero-order valence-corrected chi connectivity index (χ0v) is 6.89. The van der Waals surface area contributed by atoms with Crippen molar-refractivity contribution in [3.8, 4) is 6.07 Å². The van der Waals surface area contributed by atoms with Crippen LogP contribution < -0.4 is 5.46 Å². The molecule has 0 saturated heterocycles. The van der Waals surface area contributed by atoms with Gasteiger partial charge in [0.15, 0.2) is 0 Å². The molecule has 1 aromatic rings. The number of halogens is 3. The molecule has 0 unspecified atom stereocenters. The summed E-state index contributed by atoms with van der Waals surface area (Å²) in [5.41, 5.74) is -0.457. The van der Waals surface area contributed by atoms with Crippen molar-refractivity contribution in [2.45, 2.75) is 6.92 Å². The maximum atomic E-state index is 12.3. The fourth-order valence-electron chi connectivity index (χ4n) is 1.05. The number of hydrogen-bond donors (Lipinski definition) is 0. The minimum Gasteiger partial charge on any atom is -0.445 e. The van der Waals surface area contributed by atoms with Gasteiger partial charge in [0, 0.05) is 5.56 Å². The van der Waals surface area contributed by atoms with Gasteiger partial charge >= 0.3 is 6.98 Å². The monoisotopic (exact) mass is 184 g/mol. The van der Waals surface area contributed by atoms with Crippen LogP contribution in [0.5, 0.6) is 0 Å². The van der Waals surface area contributed by atoms with Gasteiger partial charge in [-0.05, 0) is 13.0 Å². The first-order valence-corrected chi connectivity index (χ1v) is 3.65. The van der Waals surface area contributed by atoms with E-state index in [1.54, 1.807) is 6.92 Å². The average Bonchev–Trinajstić information content (AvgIpc) is 2.01. The Labute approximate surface area is 73.9 Å². The largest absolute Gasteiger partial charge is 0.510 e. The Kier molecular flexibility index (Phi) is 2.33. The van der Waals surface area contributed by atoms with E-state index < -0.39 is 12.4 Å². The van der Waals surface area contributed by atoms with Gasteiger partial charge in [0.25, 0.3) is 0 Å². The average molecular weight is 184 g/mol. The summed E-state index contributed by atoms with van der Waals surface area (Å²) in [4.78, 5) is 0. The van der Waals surface area contributed by atoms with Gasteiger partial charge in [-0.1, -0.05) is 23.2 Å². The summed E-state index contributed by atoms with van der Waals surface area (Å²) in [6.45, 7) is -3.43. The third-order valence-electron chi connectivity index (χ3n) is 1.68. The topological polar surface area (TPSA) is 23.8 Å². The predicted molar refractivity (Wildman–Crippen MR) is 44.6 cm³/mol. The molecule has 0 aromatic heterocycles. The number of nitrogens with zero attached hydrogens (tertiary/aromatic N) is 1. The molecule has 0 N–H and O–H groups in total. The minimum atomic E-state index is -5.08. The van der Waals surface area contributed by atoms with E-state index in [1.807, 2.05) is 0 Å². The highest BCUT2D eigenvalue weighted by Crippen LogP contribution is 2.12. The van der Waals surface area contributed by atoms with Crippen molar-refractivity contribution in [3.05, 3.63) is 29.3 Å². The van der Waals surface area contributed by atoms with Crippen LogP contribution in [0.25, 0.3) is 0 Å².